The van der Waals surface area contributed by atoms with Crippen LogP contribution in [-0.2, 0) is 23.7 Å². The Bertz CT molecular complexity index is 4070. The van der Waals surface area contributed by atoms with Gasteiger partial charge in [-0.1, -0.05) is 222 Å². The Morgan fingerprint density at radius 3 is 0.971 bits per heavy atom. The number of hydrogen-bond acceptors (Lipinski definition) is 16. The fourth-order valence-electron chi connectivity index (χ4n) is 18.6. The van der Waals surface area contributed by atoms with Gasteiger partial charge in [-0.25, -0.2) is 0 Å². The highest BCUT2D eigenvalue weighted by molar-refractivity contribution is 7.83. The van der Waals surface area contributed by atoms with Crippen LogP contribution in [-0.4, -0.2) is 263 Å². The quantitative estimate of drug-likeness (QED) is 0.0244. The van der Waals surface area contributed by atoms with Gasteiger partial charge in [0.15, 0.2) is 51.1 Å². The zero-order chi connectivity index (χ0) is 99.4. The van der Waals surface area contributed by atoms with Crippen molar-refractivity contribution >= 4 is 196 Å². The van der Waals surface area contributed by atoms with E-state index in [4.69, 9.17) is 146 Å². The van der Waals surface area contributed by atoms with Crippen molar-refractivity contribution in [1.29, 1.82) is 0 Å². The van der Waals surface area contributed by atoms with Crippen molar-refractivity contribution in [3.63, 3.8) is 0 Å². The third-order valence-corrected chi connectivity index (χ3v) is 30.1. The van der Waals surface area contributed by atoms with E-state index in [-0.39, 0.29) is 17.1 Å². The maximum Gasteiger partial charge on any atom is 0.257 e. The van der Waals surface area contributed by atoms with E-state index in [1.807, 2.05) is 114 Å². The normalized spacial score (nSPS) is 17.9. The highest BCUT2D eigenvalue weighted by Crippen LogP contribution is 2.31. The first-order valence-corrected chi connectivity index (χ1v) is 57.0. The molecule has 0 aromatic heterocycles. The number of carbonyl (C=O) groups is 1. The molecule has 6 aliphatic carbocycles. The highest BCUT2D eigenvalue weighted by atomic mass is 32.1. The number of anilines is 3. The van der Waals surface area contributed by atoms with Gasteiger partial charge in [0.25, 0.3) is 5.91 Å². The minimum atomic E-state index is -0.218. The second-order valence-electron chi connectivity index (χ2n) is 38.6. The summed E-state index contributed by atoms with van der Waals surface area (Å²) in [5.74, 6) is 0.610. The number of piperidine rings is 1. The standard InChI is InChI=1S/C20H35N3S2.C18H31N3OS2.C18H31N3S2.C14H12N2OS.C13H12N2S.C12H23N3OS2.C12H26O3/c1-16-12-14-22(15-13-16)20(25)23(18-10-6-3-7-11-18)19(24)21-17-8-4-2-5-9-17;23-17(19-15-7-3-1-4-8-15)21(16-9-5-2-6-10-16)18(24)20-11-13-22-14-12-20;22-17(19-15-9-3-1-4-10-15)21(16-11-5-2-6-12-16)18(23)20-13-7-8-14-20;17-13(11-7-3-1-4-8-11)16-14(18)15-12-9-5-2-6-10-12;16-13(14-11-7-3-1-4-8-11)15-12-9-5-2-6-10-12;1-9(2)13-11(17)15(10(3)4)12(18)14-5-7-16-8-6-14;1-3-5-7-13-9-11-15-12-10-14-8-6-4-2/h16-18H,2-15H2,1H3,(H,21,24);15-16H,1-14H2,(H,19,23);15-16H,1-14H2,(H,19,22);1-10H,(H2,15,16,17,18);1-10H,(H2,14,15,16);9-10H,5-8H2,1-4H3,(H,13,17);3-12H2,1-2H3. The number of ether oxygens (including phenoxy) is 5. The van der Waals surface area contributed by atoms with E-state index in [2.05, 4.69) is 125 Å². The van der Waals surface area contributed by atoms with Gasteiger partial charge < -0.3 is 80.5 Å². The van der Waals surface area contributed by atoms with E-state index in [9.17, 15) is 4.79 Å². The third kappa shape index (κ3) is 46.5. The number of morpholine rings is 2. The summed E-state index contributed by atoms with van der Waals surface area (Å²) in [6.07, 6.45) is 48.5. The molecule has 0 unspecified atom stereocenters. The Morgan fingerprint density at radius 1 is 0.353 bits per heavy atom. The van der Waals surface area contributed by atoms with Gasteiger partial charge in [-0.15, -0.1) is 0 Å². The first-order valence-electron chi connectivity index (χ1n) is 52.9. The van der Waals surface area contributed by atoms with E-state index in [0.29, 0.717) is 84.5 Å². The van der Waals surface area contributed by atoms with Crippen LogP contribution in [0.4, 0.5) is 17.1 Å². The Hall–Kier alpha value is -5.95. The van der Waals surface area contributed by atoms with E-state index < -0.39 is 0 Å². The number of carbonyl (C=O) groups excluding carboxylic acids is 1. The summed E-state index contributed by atoms with van der Waals surface area (Å²) < 4.78 is 26.9. The molecule has 0 bridgehead atoms. The number of nitrogens with zero attached hydrogens (tertiary/aromatic N) is 8. The molecule has 139 heavy (non-hydrogen) atoms. The average molecular weight is 2100 g/mol. The monoisotopic (exact) mass is 2100 g/mol. The maximum atomic E-state index is 11.8. The van der Waals surface area contributed by atoms with E-state index in [1.54, 1.807) is 12.1 Å². The number of amides is 1. The lowest BCUT2D eigenvalue weighted by Crippen LogP contribution is -2.57. The van der Waals surface area contributed by atoms with E-state index >= 15 is 0 Å². The number of unbranched alkanes of at least 4 members (excludes halogenated alkanes) is 2. The SMILES string of the molecule is CC(C)NC(=S)N(C(=S)N1CCOCC1)C(C)C.CC1CCN(C(=S)N(C(=S)NC2CCCCC2)C2CCCCC2)CC1.CCCCOCCOCCOCCCC.O=C(NC(=S)Nc1ccccc1)c1ccccc1.S=C(NC1CCCCC1)N(C(=S)N1CCCC1)C1CCCCC1.S=C(NC1CCCCC1)N(C(=S)N1CCOCC1)C1CCCCC1.S=C(Nc1ccccc1)Nc1ccccc1. The molecule has 0 spiro atoms. The summed E-state index contributed by atoms with van der Waals surface area (Å²) in [5.41, 5.74) is 3.39. The summed E-state index contributed by atoms with van der Waals surface area (Å²) in [6.45, 7) is 30.3. The molecule has 0 atom stereocenters. The molecule has 1 amide bonds. The molecule has 4 aromatic rings. The molecule has 4 saturated heterocycles. The molecule has 10 aliphatic rings. The topological polar surface area (TPSA) is 185 Å². The lowest BCUT2D eigenvalue weighted by atomic mass is 9.94. The molecular formula is C107H170N16O6S10. The smallest absolute Gasteiger partial charge is 0.257 e. The molecular weight excluding hydrogens is 1930 g/mol. The highest BCUT2D eigenvalue weighted by Gasteiger charge is 2.36. The zero-order valence-electron chi connectivity index (χ0n) is 85.0. The van der Waals surface area contributed by atoms with Crippen LogP contribution >= 0.6 is 122 Å². The molecule has 0 radical (unpaired) electrons. The van der Waals surface area contributed by atoms with Crippen molar-refractivity contribution in [1.82, 2.24) is 65.8 Å². The summed E-state index contributed by atoms with van der Waals surface area (Å²) in [4.78, 5) is 30.0. The zero-order valence-corrected chi connectivity index (χ0v) is 93.1. The van der Waals surface area contributed by atoms with Gasteiger partial charge >= 0.3 is 0 Å². The molecule has 32 heteroatoms. The molecule has 8 N–H and O–H groups in total. The van der Waals surface area contributed by atoms with Crippen LogP contribution in [0, 0.1) is 5.92 Å². The molecule has 4 aromatic carbocycles. The Morgan fingerprint density at radius 2 is 0.647 bits per heavy atom. The minimum absolute atomic E-state index is 0.218. The van der Waals surface area contributed by atoms with Crippen LogP contribution in [0.3, 0.4) is 0 Å². The second-order valence-corrected chi connectivity index (χ2v) is 42.4. The van der Waals surface area contributed by atoms with E-state index in [0.717, 1.165) is 164 Å². The maximum absolute atomic E-state index is 11.8. The number of para-hydroxylation sites is 3. The lowest BCUT2D eigenvalue weighted by Gasteiger charge is -2.43. The minimum Gasteiger partial charge on any atom is -0.379 e. The first-order chi connectivity index (χ1) is 67.6. The predicted molar refractivity (Wildman–Crippen MR) is 619 cm³/mol. The summed E-state index contributed by atoms with van der Waals surface area (Å²) in [6, 6.07) is 41.8. The van der Waals surface area contributed by atoms with Gasteiger partial charge in [0.1, 0.15) is 0 Å². The van der Waals surface area contributed by atoms with Gasteiger partial charge in [0.2, 0.25) is 0 Å². The molecule has 6 saturated carbocycles. The van der Waals surface area contributed by atoms with Crippen molar-refractivity contribution in [2.24, 2.45) is 5.92 Å². The average Bonchev–Trinajstić information content (AvgIpc) is 1.78. The van der Waals surface area contributed by atoms with Gasteiger partial charge in [-0.05, 0) is 320 Å². The van der Waals surface area contributed by atoms with Crippen LogP contribution in [0.5, 0.6) is 0 Å². The predicted octanol–water partition coefficient (Wildman–Crippen LogP) is 23.0. The van der Waals surface area contributed by atoms with Crippen molar-refractivity contribution in [3.05, 3.63) is 127 Å². The van der Waals surface area contributed by atoms with Gasteiger partial charge in [0, 0.05) is 137 Å². The van der Waals surface area contributed by atoms with Gasteiger partial charge in [0.05, 0.1) is 52.9 Å². The van der Waals surface area contributed by atoms with Crippen molar-refractivity contribution in [3.8, 4) is 0 Å². The van der Waals surface area contributed by atoms with Crippen molar-refractivity contribution in [2.45, 2.75) is 341 Å². The fraction of sp³-hybridized carbons (Fsp3) is 0.673. The van der Waals surface area contributed by atoms with Crippen molar-refractivity contribution in [2.75, 3.05) is 134 Å². The third-order valence-electron chi connectivity index (χ3n) is 26.6. The van der Waals surface area contributed by atoms with Crippen LogP contribution in [0.2, 0.25) is 0 Å². The first kappa shape index (κ1) is 118. The lowest BCUT2D eigenvalue weighted by molar-refractivity contribution is 0.0136. The van der Waals surface area contributed by atoms with Crippen LogP contribution in [0.25, 0.3) is 0 Å². The largest absolute Gasteiger partial charge is 0.379 e. The van der Waals surface area contributed by atoms with Gasteiger partial charge in [-0.2, -0.15) is 0 Å². The Labute approximate surface area is 891 Å². The molecule has 10 fully saturated rings. The second kappa shape index (κ2) is 70.7. The number of nitrogens with one attached hydrogen (secondary N) is 8. The van der Waals surface area contributed by atoms with Crippen LogP contribution < -0.4 is 42.5 Å². The molecule has 14 rings (SSSR count). The molecule has 774 valence electrons. The molecule has 4 aliphatic heterocycles. The number of hydrogen-bond donors (Lipinski definition) is 8. The van der Waals surface area contributed by atoms with Crippen molar-refractivity contribution < 1.29 is 28.5 Å². The Kier molecular flexibility index (Phi) is 60.2. The van der Waals surface area contributed by atoms with E-state index in [1.165, 1.54) is 231 Å². The van der Waals surface area contributed by atoms with Crippen LogP contribution in [0.15, 0.2) is 121 Å². The molecule has 22 nitrogen and oxygen atoms in total. The summed E-state index contributed by atoms with van der Waals surface area (Å²) in [5, 5.41) is 34.0. The Balaban J connectivity index is 0.000000200. The van der Waals surface area contributed by atoms with Gasteiger partial charge in [-0.3, -0.25) is 29.7 Å². The number of rotatable bonds is 24. The number of likely N-dealkylation sites (tertiary alicyclic amines) is 2. The number of thiocarbonyl (C=S) groups is 10. The summed E-state index contributed by atoms with van der Waals surface area (Å²) in [7, 11) is 0. The molecule has 4 heterocycles. The number of benzene rings is 4. The summed E-state index contributed by atoms with van der Waals surface area (Å²) >= 11 is 56.6. The fourth-order valence-corrected chi connectivity index (χ4v) is 22.8. The van der Waals surface area contributed by atoms with Crippen LogP contribution in [0.1, 0.15) is 303 Å².